The summed E-state index contributed by atoms with van der Waals surface area (Å²) < 4.78 is 86.4. The van der Waals surface area contributed by atoms with Crippen LogP contribution in [-0.2, 0) is 6.54 Å². The Balaban J connectivity index is 2.12. The largest absolute Gasteiger partial charge is 0.494 e. The maximum absolute atomic E-state index is 13.5. The zero-order chi connectivity index (χ0) is 17.1. The number of ether oxygens (including phenoxy) is 1. The minimum atomic E-state index is -2.22. The SMILES string of the molecule is COc1ccc(CNSc2c(F)c(F)c(F)c(F)c2F)cc1F. The van der Waals surface area contributed by atoms with E-state index in [4.69, 9.17) is 4.74 Å². The molecule has 0 aliphatic heterocycles. The number of methoxy groups -OCH3 is 1. The van der Waals surface area contributed by atoms with Crippen LogP contribution in [0, 0.1) is 34.9 Å². The van der Waals surface area contributed by atoms with Crippen molar-refractivity contribution in [2.24, 2.45) is 0 Å². The lowest BCUT2D eigenvalue weighted by Crippen LogP contribution is -2.09. The molecule has 0 amide bonds. The molecule has 0 saturated heterocycles. The van der Waals surface area contributed by atoms with Crippen molar-refractivity contribution in [2.75, 3.05) is 7.11 Å². The van der Waals surface area contributed by atoms with E-state index in [1.54, 1.807) is 0 Å². The molecule has 0 saturated carbocycles. The Morgan fingerprint density at radius 3 is 2.00 bits per heavy atom. The van der Waals surface area contributed by atoms with Gasteiger partial charge in [-0.15, -0.1) is 0 Å². The summed E-state index contributed by atoms with van der Waals surface area (Å²) >= 11 is 0.221. The fraction of sp³-hybridized carbons (Fsp3) is 0.143. The predicted octanol–water partition coefficient (Wildman–Crippen LogP) is 4.33. The first-order chi connectivity index (χ1) is 10.9. The second-order valence-electron chi connectivity index (χ2n) is 4.29. The molecule has 0 radical (unpaired) electrons. The number of hydrogen-bond acceptors (Lipinski definition) is 3. The second-order valence-corrected chi connectivity index (χ2v) is 5.19. The Labute approximate surface area is 131 Å². The molecule has 2 rings (SSSR count). The van der Waals surface area contributed by atoms with Crippen molar-refractivity contribution < 1.29 is 31.1 Å². The smallest absolute Gasteiger partial charge is 0.200 e. The Hall–Kier alpha value is -1.87. The van der Waals surface area contributed by atoms with Crippen LogP contribution in [-0.4, -0.2) is 7.11 Å². The van der Waals surface area contributed by atoms with E-state index in [1.165, 1.54) is 19.2 Å². The summed E-state index contributed by atoms with van der Waals surface area (Å²) in [5.41, 5.74) is 0.389. The van der Waals surface area contributed by atoms with E-state index in [0.29, 0.717) is 5.56 Å². The molecule has 2 aromatic rings. The van der Waals surface area contributed by atoms with Crippen LogP contribution in [0.2, 0.25) is 0 Å². The molecule has 2 nitrogen and oxygen atoms in total. The fourth-order valence-corrected chi connectivity index (χ4v) is 2.43. The van der Waals surface area contributed by atoms with Crippen molar-refractivity contribution in [1.29, 1.82) is 0 Å². The van der Waals surface area contributed by atoms with Crippen LogP contribution in [0.5, 0.6) is 5.75 Å². The zero-order valence-electron chi connectivity index (χ0n) is 11.5. The van der Waals surface area contributed by atoms with Crippen LogP contribution < -0.4 is 9.46 Å². The molecule has 0 aliphatic carbocycles. The third kappa shape index (κ3) is 3.56. The van der Waals surface area contributed by atoms with Gasteiger partial charge in [0.1, 0.15) is 4.90 Å². The average Bonchev–Trinajstić information content (AvgIpc) is 2.54. The standard InChI is InChI=1S/C14H9F6NOS/c1-22-8-3-2-6(4-7(8)15)5-21-23-14-12(19)10(17)9(16)11(18)13(14)20/h2-4,21H,5H2,1H3. The fourth-order valence-electron chi connectivity index (χ4n) is 1.69. The second kappa shape index (κ2) is 7.14. The van der Waals surface area contributed by atoms with Gasteiger partial charge in [0.25, 0.3) is 0 Å². The Morgan fingerprint density at radius 2 is 1.48 bits per heavy atom. The first kappa shape index (κ1) is 17.5. The van der Waals surface area contributed by atoms with Crippen molar-refractivity contribution in [3.8, 4) is 5.75 Å². The highest BCUT2D eigenvalue weighted by Crippen LogP contribution is 2.29. The summed E-state index contributed by atoms with van der Waals surface area (Å²) in [6.07, 6.45) is 0. The Morgan fingerprint density at radius 1 is 0.913 bits per heavy atom. The monoisotopic (exact) mass is 353 g/mol. The van der Waals surface area contributed by atoms with Crippen molar-refractivity contribution in [3.05, 3.63) is 58.7 Å². The summed E-state index contributed by atoms with van der Waals surface area (Å²) in [5, 5.41) is 0. The van der Waals surface area contributed by atoms with Crippen LogP contribution in [0.1, 0.15) is 5.56 Å². The van der Waals surface area contributed by atoms with Gasteiger partial charge in [0.15, 0.2) is 34.8 Å². The molecule has 23 heavy (non-hydrogen) atoms. The van der Waals surface area contributed by atoms with Crippen molar-refractivity contribution >= 4 is 11.9 Å². The molecule has 0 aliphatic rings. The molecule has 0 fully saturated rings. The van der Waals surface area contributed by atoms with Gasteiger partial charge in [-0.3, -0.25) is 4.72 Å². The van der Waals surface area contributed by atoms with Gasteiger partial charge < -0.3 is 4.74 Å². The quantitative estimate of drug-likeness (QED) is 0.374. The maximum Gasteiger partial charge on any atom is 0.200 e. The molecule has 0 unspecified atom stereocenters. The van der Waals surface area contributed by atoms with E-state index in [9.17, 15) is 26.3 Å². The highest BCUT2D eigenvalue weighted by atomic mass is 32.2. The number of hydrogen-bond donors (Lipinski definition) is 1. The molecule has 1 N–H and O–H groups in total. The van der Waals surface area contributed by atoms with Crippen LogP contribution in [0.3, 0.4) is 0 Å². The van der Waals surface area contributed by atoms with Crippen LogP contribution >= 0.6 is 11.9 Å². The molecule has 124 valence electrons. The first-order valence-electron chi connectivity index (χ1n) is 6.10. The molecule has 0 atom stereocenters. The van der Waals surface area contributed by atoms with Gasteiger partial charge in [0.2, 0.25) is 5.82 Å². The summed E-state index contributed by atoms with van der Waals surface area (Å²) in [5.74, 6) is -10.8. The topological polar surface area (TPSA) is 21.3 Å². The summed E-state index contributed by atoms with van der Waals surface area (Å²) in [6, 6.07) is 3.94. The average molecular weight is 353 g/mol. The first-order valence-corrected chi connectivity index (χ1v) is 6.92. The number of rotatable bonds is 5. The summed E-state index contributed by atoms with van der Waals surface area (Å²) in [7, 11) is 1.29. The maximum atomic E-state index is 13.5. The van der Waals surface area contributed by atoms with Gasteiger partial charge in [-0.2, -0.15) is 0 Å². The molecule has 0 aromatic heterocycles. The van der Waals surface area contributed by atoms with Gasteiger partial charge >= 0.3 is 0 Å². The third-order valence-electron chi connectivity index (χ3n) is 2.84. The highest BCUT2D eigenvalue weighted by Gasteiger charge is 2.26. The lowest BCUT2D eigenvalue weighted by Gasteiger charge is -2.09. The lowest BCUT2D eigenvalue weighted by atomic mass is 10.2. The van der Waals surface area contributed by atoms with Crippen molar-refractivity contribution in [2.45, 2.75) is 11.4 Å². The van der Waals surface area contributed by atoms with E-state index in [2.05, 4.69) is 4.72 Å². The van der Waals surface area contributed by atoms with Gasteiger partial charge in [-0.1, -0.05) is 6.07 Å². The van der Waals surface area contributed by atoms with E-state index >= 15 is 0 Å². The predicted molar refractivity (Wildman–Crippen MR) is 71.9 cm³/mol. The molecule has 2 aromatic carbocycles. The molecular formula is C14H9F6NOS. The molecule has 0 heterocycles. The molecule has 0 bridgehead atoms. The summed E-state index contributed by atoms with van der Waals surface area (Å²) in [4.78, 5) is -1.06. The normalized spacial score (nSPS) is 10.9. The van der Waals surface area contributed by atoms with Gasteiger partial charge in [0, 0.05) is 6.54 Å². The molecular weight excluding hydrogens is 344 g/mol. The van der Waals surface area contributed by atoms with Gasteiger partial charge in [0.05, 0.1) is 7.11 Å². The van der Waals surface area contributed by atoms with Crippen molar-refractivity contribution in [1.82, 2.24) is 4.72 Å². The minimum absolute atomic E-state index is 0.0150. The van der Waals surface area contributed by atoms with E-state index < -0.39 is 39.8 Å². The summed E-state index contributed by atoms with van der Waals surface area (Å²) in [6.45, 7) is -0.0783. The molecule has 0 spiro atoms. The van der Waals surface area contributed by atoms with Crippen LogP contribution in [0.15, 0.2) is 23.1 Å². The number of halogens is 6. The highest BCUT2D eigenvalue weighted by molar-refractivity contribution is 7.97. The van der Waals surface area contributed by atoms with E-state index in [1.807, 2.05) is 0 Å². The third-order valence-corrected chi connectivity index (χ3v) is 3.69. The minimum Gasteiger partial charge on any atom is -0.494 e. The number of nitrogens with one attached hydrogen (secondary N) is 1. The van der Waals surface area contributed by atoms with E-state index in [-0.39, 0.29) is 24.2 Å². The lowest BCUT2D eigenvalue weighted by molar-refractivity contribution is 0.360. The van der Waals surface area contributed by atoms with Crippen molar-refractivity contribution in [3.63, 3.8) is 0 Å². The van der Waals surface area contributed by atoms with Gasteiger partial charge in [-0.25, -0.2) is 26.3 Å². The van der Waals surface area contributed by atoms with E-state index in [0.717, 1.165) is 6.07 Å². The Kier molecular flexibility index (Phi) is 5.42. The van der Waals surface area contributed by atoms with Crippen LogP contribution in [0.25, 0.3) is 0 Å². The van der Waals surface area contributed by atoms with Gasteiger partial charge in [-0.05, 0) is 29.6 Å². The zero-order valence-corrected chi connectivity index (χ0v) is 12.3. The Bertz CT molecular complexity index is 711. The number of benzene rings is 2. The van der Waals surface area contributed by atoms with Crippen LogP contribution in [0.4, 0.5) is 26.3 Å². The molecule has 9 heteroatoms.